The van der Waals surface area contributed by atoms with Crippen LogP contribution in [-0.4, -0.2) is 5.91 Å². The van der Waals surface area contributed by atoms with Crippen LogP contribution in [0.15, 0.2) is 59.8 Å². The van der Waals surface area contributed by atoms with E-state index in [1.54, 1.807) is 0 Å². The van der Waals surface area contributed by atoms with E-state index in [4.69, 9.17) is 5.73 Å². The van der Waals surface area contributed by atoms with Crippen LogP contribution in [0.4, 0.5) is 22.0 Å². The predicted molar refractivity (Wildman–Crippen MR) is 98.8 cm³/mol. The molecule has 9 heteroatoms. The topological polar surface area (TPSA) is 55.1 Å². The molecule has 0 aromatic heterocycles. The molecule has 3 nitrogen and oxygen atoms in total. The largest absolute Gasteiger partial charge is 0.416 e. The summed E-state index contributed by atoms with van der Waals surface area (Å²) in [5.74, 6) is -3.19. The quantitative estimate of drug-likeness (QED) is 0.656. The third kappa shape index (κ3) is 5.13. The summed E-state index contributed by atoms with van der Waals surface area (Å²) < 4.78 is 66.2. The maximum absolute atomic E-state index is 13.7. The number of carbonyl (C=O) groups excluding carboxylic acids is 1. The van der Waals surface area contributed by atoms with Gasteiger partial charge >= 0.3 is 6.18 Å². The van der Waals surface area contributed by atoms with Crippen molar-refractivity contribution in [2.45, 2.75) is 13.1 Å². The Kier molecular flexibility index (Phi) is 6.50. The van der Waals surface area contributed by atoms with Gasteiger partial charge in [-0.2, -0.15) is 13.2 Å². The molecular formula is C19H15F5N2OS. The first kappa shape index (κ1) is 21.5. The second kappa shape index (κ2) is 8.47. The Bertz CT molecular complexity index is 929. The highest BCUT2D eigenvalue weighted by Gasteiger charge is 2.30. The number of alkyl halides is 3. The van der Waals surface area contributed by atoms with Crippen LogP contribution >= 0.6 is 11.8 Å². The number of hydrogen-bond donors (Lipinski definition) is 2. The Hall–Kier alpha value is -2.81. The first-order valence-corrected chi connectivity index (χ1v) is 8.58. The third-order valence-electron chi connectivity index (χ3n) is 3.48. The number of allylic oxidation sites excluding steroid dienone is 1. The lowest BCUT2D eigenvalue weighted by Gasteiger charge is -2.15. The van der Waals surface area contributed by atoms with E-state index < -0.39 is 34.8 Å². The fourth-order valence-corrected chi connectivity index (χ4v) is 3.05. The monoisotopic (exact) mass is 414 g/mol. The van der Waals surface area contributed by atoms with Crippen LogP contribution in [0.2, 0.25) is 0 Å². The molecule has 2 aromatic carbocycles. The molecule has 28 heavy (non-hydrogen) atoms. The molecule has 0 atom stereocenters. The minimum absolute atomic E-state index is 0.0649. The minimum Gasteiger partial charge on any atom is -0.401 e. The van der Waals surface area contributed by atoms with Gasteiger partial charge in [0.1, 0.15) is 17.2 Å². The van der Waals surface area contributed by atoms with Gasteiger partial charge in [0, 0.05) is 10.6 Å². The molecule has 0 radical (unpaired) electrons. The molecule has 2 rings (SSSR count). The number of benzene rings is 2. The van der Waals surface area contributed by atoms with E-state index in [9.17, 15) is 26.7 Å². The van der Waals surface area contributed by atoms with E-state index in [0.29, 0.717) is 0 Å². The summed E-state index contributed by atoms with van der Waals surface area (Å²) in [6, 6.07) is 7.41. The molecule has 2 aromatic rings. The lowest BCUT2D eigenvalue weighted by Crippen LogP contribution is -2.23. The summed E-state index contributed by atoms with van der Waals surface area (Å²) in [5, 5.41) is 2.15. The Morgan fingerprint density at radius 2 is 1.68 bits per heavy atom. The molecule has 0 fully saturated rings. The number of hydrogen-bond acceptors (Lipinski definition) is 3. The molecule has 0 bridgehead atoms. The highest BCUT2D eigenvalue weighted by Crippen LogP contribution is 2.37. The molecule has 0 aliphatic carbocycles. The van der Waals surface area contributed by atoms with E-state index in [2.05, 4.69) is 11.9 Å². The van der Waals surface area contributed by atoms with Gasteiger partial charge in [-0.3, -0.25) is 4.79 Å². The van der Waals surface area contributed by atoms with E-state index in [1.807, 2.05) is 0 Å². The van der Waals surface area contributed by atoms with Crippen molar-refractivity contribution in [3.05, 3.63) is 88.1 Å². The number of carbonyl (C=O) groups is 1. The van der Waals surface area contributed by atoms with Gasteiger partial charge < -0.3 is 11.1 Å². The van der Waals surface area contributed by atoms with Crippen LogP contribution in [0.25, 0.3) is 4.91 Å². The fraction of sp³-hybridized carbons (Fsp3) is 0.105. The smallest absolute Gasteiger partial charge is 0.401 e. The molecule has 3 N–H and O–H groups in total. The molecule has 0 aliphatic rings. The Morgan fingerprint density at radius 3 is 2.21 bits per heavy atom. The molecule has 0 saturated carbocycles. The van der Waals surface area contributed by atoms with E-state index >= 15 is 0 Å². The molecular weight excluding hydrogens is 399 g/mol. The number of rotatable bonds is 5. The van der Waals surface area contributed by atoms with Crippen molar-refractivity contribution in [2.24, 2.45) is 5.73 Å². The van der Waals surface area contributed by atoms with Gasteiger partial charge in [0.15, 0.2) is 0 Å². The van der Waals surface area contributed by atoms with Crippen LogP contribution < -0.4 is 11.1 Å². The van der Waals surface area contributed by atoms with E-state index in [0.717, 1.165) is 42.1 Å². The Balaban J connectivity index is 2.23. The lowest BCUT2D eigenvalue weighted by atomic mass is 10.1. The highest BCUT2D eigenvalue weighted by atomic mass is 32.2. The highest BCUT2D eigenvalue weighted by molar-refractivity contribution is 8.11. The lowest BCUT2D eigenvalue weighted by molar-refractivity contribution is -0.137. The van der Waals surface area contributed by atoms with Crippen molar-refractivity contribution in [3.63, 3.8) is 0 Å². The Labute approximate surface area is 162 Å². The number of nitrogens with one attached hydrogen (secondary N) is 1. The van der Waals surface area contributed by atoms with Crippen molar-refractivity contribution in [1.82, 2.24) is 5.32 Å². The zero-order valence-corrected chi connectivity index (χ0v) is 15.3. The van der Waals surface area contributed by atoms with Gasteiger partial charge in [0.05, 0.1) is 10.6 Å². The third-order valence-corrected chi connectivity index (χ3v) is 4.59. The molecule has 0 heterocycles. The first-order valence-electron chi connectivity index (χ1n) is 7.76. The Morgan fingerprint density at radius 1 is 1.11 bits per heavy atom. The standard InChI is InChI=1S/C19H15F5N2OS/c1-10(25)17(12-5-3-6-13(9-12)19(22,23)24)28-11(2)26-18(27)16-14(20)7-4-8-15(16)21/h3-9H,2,25H2,1H3,(H,26,27)/b17-10+. The summed E-state index contributed by atoms with van der Waals surface area (Å²) in [4.78, 5) is 12.3. The molecule has 148 valence electrons. The maximum Gasteiger partial charge on any atom is 0.416 e. The van der Waals surface area contributed by atoms with Crippen LogP contribution in [-0.2, 0) is 6.18 Å². The first-order chi connectivity index (χ1) is 13.0. The van der Waals surface area contributed by atoms with Gasteiger partial charge in [-0.15, -0.1) is 0 Å². The average Bonchev–Trinajstić information content (AvgIpc) is 2.58. The number of halogens is 5. The van der Waals surface area contributed by atoms with Crippen LogP contribution in [0.3, 0.4) is 0 Å². The van der Waals surface area contributed by atoms with Crippen molar-refractivity contribution >= 4 is 22.6 Å². The number of amides is 1. The second-order valence-corrected chi connectivity index (χ2v) is 6.77. The maximum atomic E-state index is 13.7. The molecule has 0 aliphatic heterocycles. The van der Waals surface area contributed by atoms with Crippen molar-refractivity contribution in [1.29, 1.82) is 0 Å². The van der Waals surface area contributed by atoms with Crippen LogP contribution in [0.5, 0.6) is 0 Å². The zero-order chi connectivity index (χ0) is 21.1. The van der Waals surface area contributed by atoms with Crippen LogP contribution in [0.1, 0.15) is 28.4 Å². The summed E-state index contributed by atoms with van der Waals surface area (Å²) in [7, 11) is 0. The van der Waals surface area contributed by atoms with E-state index in [1.165, 1.54) is 19.1 Å². The van der Waals surface area contributed by atoms with Gasteiger partial charge in [-0.05, 0) is 36.8 Å². The van der Waals surface area contributed by atoms with Gasteiger partial charge in [0.25, 0.3) is 5.91 Å². The van der Waals surface area contributed by atoms with Gasteiger partial charge in [-0.25, -0.2) is 8.78 Å². The van der Waals surface area contributed by atoms with Crippen LogP contribution in [0, 0.1) is 11.6 Å². The number of nitrogens with two attached hydrogens (primary N) is 1. The SMILES string of the molecule is C=C(NC(=O)c1c(F)cccc1F)S/C(=C(\C)N)c1cccc(C(F)(F)F)c1. The van der Waals surface area contributed by atoms with Gasteiger partial charge in [-0.1, -0.05) is 36.5 Å². The second-order valence-electron chi connectivity index (χ2n) is 5.67. The summed E-state index contributed by atoms with van der Waals surface area (Å²) >= 11 is 0.776. The molecule has 0 unspecified atom stereocenters. The summed E-state index contributed by atoms with van der Waals surface area (Å²) in [6.07, 6.45) is -4.54. The summed E-state index contributed by atoms with van der Waals surface area (Å²) in [6.45, 7) is 5.04. The number of thioether (sulfide) groups is 1. The molecule has 0 spiro atoms. The molecule has 1 amide bonds. The van der Waals surface area contributed by atoms with Crippen molar-refractivity contribution in [2.75, 3.05) is 0 Å². The van der Waals surface area contributed by atoms with Crippen molar-refractivity contribution in [3.8, 4) is 0 Å². The fourth-order valence-electron chi connectivity index (χ4n) is 2.26. The van der Waals surface area contributed by atoms with Gasteiger partial charge in [0.2, 0.25) is 0 Å². The van der Waals surface area contributed by atoms with Crippen molar-refractivity contribution < 1.29 is 26.7 Å². The normalized spacial score (nSPS) is 12.4. The molecule has 0 saturated heterocycles. The summed E-state index contributed by atoms with van der Waals surface area (Å²) in [5.41, 5.74) is 4.45. The van der Waals surface area contributed by atoms with E-state index in [-0.39, 0.29) is 21.2 Å². The zero-order valence-electron chi connectivity index (χ0n) is 14.5. The average molecular weight is 414 g/mol. The minimum atomic E-state index is -4.54. The predicted octanol–water partition coefficient (Wildman–Crippen LogP) is 5.27.